The predicted octanol–water partition coefficient (Wildman–Crippen LogP) is -6.14. The molecule has 0 aromatic carbocycles. The van der Waals surface area contributed by atoms with E-state index in [2.05, 4.69) is 47.2 Å². The maximum absolute atomic E-state index is 13.7. The molecule has 26 heteroatoms. The number of aromatic amines is 1. The molecule has 9 atom stereocenters. The molecule has 0 radical (unpaired) electrons. The van der Waals surface area contributed by atoms with Crippen LogP contribution in [0.5, 0.6) is 0 Å². The standard InChI is InChI=1S/C39H66N12O14/c1-17(2)10-23(46-31(56)20(7)44-37(62)29(41)18(3)4)33(58)47-24(11-21-12-42-16-43-21)34(59)48-25(13-52)35(60)49-26(14-53)36(61)51-30(19(5)6)38(63)45-22(8-9-28(40)55)32(57)50-27(15-54)39(64)65/h12,16-20,22-27,29-30,52-54H,8-11,13-15,41H2,1-7H3,(H2,40,55)(H,42,43)(H,44,62)(H,45,63)(H,46,56)(H,47,58)(H,48,59)(H,49,60)(H,50,57)(H,51,61)(H,64,65)/t20-,22-,23-,24-,25-,26-,27-,29-,30-/m0/s1. The maximum atomic E-state index is 13.7. The summed E-state index contributed by atoms with van der Waals surface area (Å²) < 4.78 is 0. The summed E-state index contributed by atoms with van der Waals surface area (Å²) in [5, 5.41) is 57.5. The number of carboxylic acid groups (broad SMARTS) is 1. The second-order valence-electron chi connectivity index (χ2n) is 16.4. The molecule has 26 nitrogen and oxygen atoms in total. The number of nitrogens with two attached hydrogens (primary N) is 2. The number of amides is 9. The molecule has 0 aliphatic heterocycles. The first-order valence-corrected chi connectivity index (χ1v) is 20.9. The van der Waals surface area contributed by atoms with Gasteiger partial charge in [-0.25, -0.2) is 9.78 Å². The van der Waals surface area contributed by atoms with Crippen molar-refractivity contribution in [2.45, 2.75) is 129 Å². The summed E-state index contributed by atoms with van der Waals surface area (Å²) in [5.41, 5.74) is 11.4. The molecule has 1 rings (SSSR count). The molecular weight excluding hydrogens is 860 g/mol. The number of carboxylic acids is 1. The fourth-order valence-corrected chi connectivity index (χ4v) is 5.77. The van der Waals surface area contributed by atoms with Crippen LogP contribution in [0, 0.1) is 17.8 Å². The summed E-state index contributed by atoms with van der Waals surface area (Å²) in [7, 11) is 0. The van der Waals surface area contributed by atoms with Crippen LogP contribution in [-0.4, -0.2) is 164 Å². The smallest absolute Gasteiger partial charge is 0.328 e. The van der Waals surface area contributed by atoms with E-state index in [1.165, 1.54) is 33.3 Å². The van der Waals surface area contributed by atoms with Crippen molar-refractivity contribution in [1.82, 2.24) is 52.5 Å². The van der Waals surface area contributed by atoms with E-state index < -0.39 is 152 Å². The van der Waals surface area contributed by atoms with Gasteiger partial charge in [0.1, 0.15) is 48.3 Å². The van der Waals surface area contributed by atoms with Crippen LogP contribution < -0.4 is 54.0 Å². The Morgan fingerprint density at radius 2 is 1.05 bits per heavy atom. The molecule has 0 spiro atoms. The van der Waals surface area contributed by atoms with E-state index in [1.807, 2.05) is 5.32 Å². The molecule has 0 saturated carbocycles. The summed E-state index contributed by atoms with van der Waals surface area (Å²) in [5.74, 6) is -11.1. The molecule has 0 saturated heterocycles. The highest BCUT2D eigenvalue weighted by molar-refractivity contribution is 5.98. The molecule has 1 aromatic heterocycles. The minimum absolute atomic E-state index is 0.0940. The molecule has 0 unspecified atom stereocenters. The summed E-state index contributed by atoms with van der Waals surface area (Å²) >= 11 is 0. The van der Waals surface area contributed by atoms with E-state index in [0.717, 1.165) is 0 Å². The van der Waals surface area contributed by atoms with Crippen LogP contribution in [0.2, 0.25) is 0 Å². The second-order valence-corrected chi connectivity index (χ2v) is 16.4. The van der Waals surface area contributed by atoms with Crippen LogP contribution in [-0.2, 0) is 54.4 Å². The highest BCUT2D eigenvalue weighted by Crippen LogP contribution is 2.10. The number of aliphatic hydroxyl groups is 3. The third-order valence-electron chi connectivity index (χ3n) is 9.71. The van der Waals surface area contributed by atoms with Gasteiger partial charge in [0.25, 0.3) is 0 Å². The van der Waals surface area contributed by atoms with Gasteiger partial charge in [-0.2, -0.15) is 0 Å². The van der Waals surface area contributed by atoms with E-state index in [-0.39, 0.29) is 24.7 Å². The number of hydrogen-bond acceptors (Lipinski definition) is 15. The van der Waals surface area contributed by atoms with Gasteiger partial charge >= 0.3 is 5.97 Å². The Bertz CT molecular complexity index is 1790. The van der Waals surface area contributed by atoms with Crippen LogP contribution in [0.1, 0.15) is 73.4 Å². The summed E-state index contributed by atoms with van der Waals surface area (Å²) in [6, 6.07) is -13.1. The van der Waals surface area contributed by atoms with Crippen molar-refractivity contribution >= 4 is 59.1 Å². The van der Waals surface area contributed by atoms with Gasteiger partial charge in [-0.05, 0) is 37.5 Å². The number of aliphatic carboxylic acids is 1. The predicted molar refractivity (Wildman–Crippen MR) is 228 cm³/mol. The first-order valence-electron chi connectivity index (χ1n) is 20.9. The molecule has 0 aliphatic rings. The maximum Gasteiger partial charge on any atom is 0.328 e. The molecule has 0 bridgehead atoms. The Morgan fingerprint density at radius 3 is 1.51 bits per heavy atom. The van der Waals surface area contributed by atoms with Crippen molar-refractivity contribution in [3.05, 3.63) is 18.2 Å². The zero-order valence-electron chi connectivity index (χ0n) is 37.5. The number of carbonyl (C=O) groups excluding carboxylic acids is 9. The molecule has 65 heavy (non-hydrogen) atoms. The lowest BCUT2D eigenvalue weighted by Crippen LogP contribution is -2.62. The van der Waals surface area contributed by atoms with Gasteiger partial charge in [-0.1, -0.05) is 41.5 Å². The number of nitrogens with one attached hydrogen (secondary N) is 9. The van der Waals surface area contributed by atoms with E-state index in [4.69, 9.17) is 11.5 Å². The van der Waals surface area contributed by atoms with Gasteiger partial charge in [-0.3, -0.25) is 43.2 Å². The fraction of sp³-hybridized carbons (Fsp3) is 0.667. The van der Waals surface area contributed by atoms with E-state index >= 15 is 0 Å². The van der Waals surface area contributed by atoms with Gasteiger partial charge < -0.3 is 79.4 Å². The average Bonchev–Trinajstić information content (AvgIpc) is 3.75. The number of rotatable bonds is 29. The minimum Gasteiger partial charge on any atom is -0.480 e. The Hall–Kier alpha value is -6.25. The normalized spacial score (nSPS) is 15.4. The lowest BCUT2D eigenvalue weighted by atomic mass is 10.0. The van der Waals surface area contributed by atoms with Crippen LogP contribution in [0.4, 0.5) is 0 Å². The van der Waals surface area contributed by atoms with Gasteiger partial charge in [0.05, 0.1) is 32.2 Å². The molecule has 9 amide bonds. The first kappa shape index (κ1) is 56.8. The fourth-order valence-electron chi connectivity index (χ4n) is 5.77. The van der Waals surface area contributed by atoms with E-state index in [0.29, 0.717) is 5.69 Å². The minimum atomic E-state index is -1.80. The van der Waals surface area contributed by atoms with Crippen molar-refractivity contribution in [3.63, 3.8) is 0 Å². The number of hydrogen-bond donors (Lipinski definition) is 15. The van der Waals surface area contributed by atoms with Gasteiger partial charge in [0.2, 0.25) is 53.2 Å². The Balaban J connectivity index is 3.23. The molecule has 17 N–H and O–H groups in total. The molecule has 1 heterocycles. The topological polar surface area (TPSA) is 429 Å². The number of carbonyl (C=O) groups is 10. The second kappa shape index (κ2) is 27.8. The lowest BCUT2D eigenvalue weighted by molar-refractivity contribution is -0.143. The van der Waals surface area contributed by atoms with Crippen LogP contribution in [0.3, 0.4) is 0 Å². The van der Waals surface area contributed by atoms with Crippen molar-refractivity contribution in [2.75, 3.05) is 19.8 Å². The zero-order chi connectivity index (χ0) is 49.7. The van der Waals surface area contributed by atoms with Crippen LogP contribution in [0.25, 0.3) is 0 Å². The van der Waals surface area contributed by atoms with Crippen molar-refractivity contribution in [2.24, 2.45) is 29.2 Å². The SMILES string of the molecule is CC(C)C[C@H](NC(=O)[C@H](C)NC(=O)[C@@H](N)C(C)C)C(=O)N[C@@H](Cc1cnc[nH]1)C(=O)N[C@@H](CO)C(=O)N[C@@H](CO)C(=O)N[C@H](C(=O)N[C@@H](CCC(N)=O)C(=O)N[C@@H](CO)C(=O)O)C(C)C. The summed E-state index contributed by atoms with van der Waals surface area (Å²) in [4.78, 5) is 136. The highest BCUT2D eigenvalue weighted by Gasteiger charge is 2.35. The van der Waals surface area contributed by atoms with E-state index in [9.17, 15) is 68.4 Å². The quantitative estimate of drug-likeness (QED) is 0.0355. The van der Waals surface area contributed by atoms with Gasteiger partial charge in [0, 0.05) is 24.7 Å². The molecular formula is C39H66N12O14. The van der Waals surface area contributed by atoms with Crippen LogP contribution in [0.15, 0.2) is 12.5 Å². The largest absolute Gasteiger partial charge is 0.480 e. The molecule has 1 aromatic rings. The first-order chi connectivity index (χ1) is 30.4. The van der Waals surface area contributed by atoms with Crippen molar-refractivity contribution in [3.8, 4) is 0 Å². The van der Waals surface area contributed by atoms with Gasteiger partial charge in [-0.15, -0.1) is 0 Å². The van der Waals surface area contributed by atoms with Crippen molar-refractivity contribution < 1.29 is 68.4 Å². The zero-order valence-corrected chi connectivity index (χ0v) is 37.5. The number of nitrogens with zero attached hydrogens (tertiary/aromatic N) is 1. The number of aliphatic hydroxyl groups excluding tert-OH is 3. The number of imidazole rings is 1. The number of aromatic nitrogens is 2. The molecule has 0 aliphatic carbocycles. The number of primary amides is 1. The monoisotopic (exact) mass is 926 g/mol. The Kier molecular flexibility index (Phi) is 24.3. The molecule has 366 valence electrons. The molecule has 0 fully saturated rings. The van der Waals surface area contributed by atoms with Crippen LogP contribution >= 0.6 is 0 Å². The average molecular weight is 927 g/mol. The number of H-pyrrole nitrogens is 1. The summed E-state index contributed by atoms with van der Waals surface area (Å²) in [6.45, 7) is 8.28. The Labute approximate surface area is 375 Å². The van der Waals surface area contributed by atoms with Crippen molar-refractivity contribution in [1.29, 1.82) is 0 Å². The van der Waals surface area contributed by atoms with Gasteiger partial charge in [0.15, 0.2) is 0 Å². The Morgan fingerprint density at radius 1 is 0.585 bits per heavy atom. The third kappa shape index (κ3) is 19.6. The van der Waals surface area contributed by atoms with E-state index in [1.54, 1.807) is 27.7 Å². The highest BCUT2D eigenvalue weighted by atomic mass is 16.4. The third-order valence-corrected chi connectivity index (χ3v) is 9.71. The summed E-state index contributed by atoms with van der Waals surface area (Å²) in [6.07, 6.45) is 1.70. The lowest BCUT2D eigenvalue weighted by Gasteiger charge is -2.28.